The van der Waals surface area contributed by atoms with Crippen molar-refractivity contribution in [2.24, 2.45) is 5.11 Å². The lowest BCUT2D eigenvalue weighted by atomic mass is 9.97. The Kier molecular flexibility index (Phi) is 6.18. The van der Waals surface area contributed by atoms with E-state index in [-0.39, 0.29) is 6.10 Å². The van der Waals surface area contributed by atoms with E-state index in [2.05, 4.69) is 10.0 Å². The van der Waals surface area contributed by atoms with Gasteiger partial charge in [-0.3, -0.25) is 0 Å². The van der Waals surface area contributed by atoms with Gasteiger partial charge >= 0.3 is 0 Å². The predicted molar refractivity (Wildman–Crippen MR) is 80.1 cm³/mol. The molecular formula is C15H21N3O4. The summed E-state index contributed by atoms with van der Waals surface area (Å²) in [6, 6.07) is 9.30. The molecule has 0 bridgehead atoms. The van der Waals surface area contributed by atoms with Crippen molar-refractivity contribution in [1.29, 1.82) is 0 Å². The lowest BCUT2D eigenvalue weighted by molar-refractivity contribution is -0.275. The van der Waals surface area contributed by atoms with E-state index in [1.807, 2.05) is 37.3 Å². The van der Waals surface area contributed by atoms with E-state index in [9.17, 15) is 0 Å². The van der Waals surface area contributed by atoms with Crippen LogP contribution in [0.2, 0.25) is 0 Å². The lowest BCUT2D eigenvalue weighted by Gasteiger charge is -2.42. The second-order valence-electron chi connectivity index (χ2n) is 5.10. The summed E-state index contributed by atoms with van der Waals surface area (Å²) in [6.45, 7) is 2.22. The number of methoxy groups -OCH3 is 2. The summed E-state index contributed by atoms with van der Waals surface area (Å²) in [5.41, 5.74) is 9.83. The molecule has 7 heteroatoms. The average molecular weight is 307 g/mol. The molecule has 1 fully saturated rings. The van der Waals surface area contributed by atoms with Crippen LogP contribution in [0.4, 0.5) is 0 Å². The monoisotopic (exact) mass is 307 g/mol. The minimum Gasteiger partial charge on any atom is -0.373 e. The fourth-order valence-electron chi connectivity index (χ4n) is 2.60. The largest absolute Gasteiger partial charge is 0.373 e. The Bertz CT molecular complexity index is 507. The summed E-state index contributed by atoms with van der Waals surface area (Å²) in [4.78, 5) is 2.90. The fraction of sp³-hybridized carbons (Fsp3) is 0.600. The zero-order valence-corrected chi connectivity index (χ0v) is 13.0. The minimum absolute atomic E-state index is 0.326. The highest BCUT2D eigenvalue weighted by Crippen LogP contribution is 2.28. The van der Waals surface area contributed by atoms with Crippen LogP contribution >= 0.6 is 0 Å². The first-order chi connectivity index (χ1) is 10.7. The number of hydrogen-bond donors (Lipinski definition) is 0. The number of nitrogens with zero attached hydrogens (tertiary/aromatic N) is 3. The third-order valence-corrected chi connectivity index (χ3v) is 3.73. The van der Waals surface area contributed by atoms with Crippen LogP contribution in [0.1, 0.15) is 12.5 Å². The molecule has 1 saturated heterocycles. The highest BCUT2D eigenvalue weighted by atomic mass is 16.7. The van der Waals surface area contributed by atoms with Crippen LogP contribution in [0.3, 0.4) is 0 Å². The van der Waals surface area contributed by atoms with Gasteiger partial charge in [0.15, 0.2) is 6.29 Å². The van der Waals surface area contributed by atoms with Gasteiger partial charge < -0.3 is 18.9 Å². The smallest absolute Gasteiger partial charge is 0.186 e. The van der Waals surface area contributed by atoms with Crippen LogP contribution < -0.4 is 0 Å². The van der Waals surface area contributed by atoms with Gasteiger partial charge in [-0.2, -0.15) is 0 Å². The molecule has 2 rings (SSSR count). The predicted octanol–water partition coefficient (Wildman–Crippen LogP) is 2.66. The molecule has 0 aromatic heterocycles. The third-order valence-electron chi connectivity index (χ3n) is 3.73. The van der Waals surface area contributed by atoms with Crippen molar-refractivity contribution in [3.05, 3.63) is 46.3 Å². The molecule has 5 atom stereocenters. The Morgan fingerprint density at radius 3 is 2.50 bits per heavy atom. The Balaban J connectivity index is 2.17. The van der Waals surface area contributed by atoms with Crippen LogP contribution in [0.25, 0.3) is 10.4 Å². The van der Waals surface area contributed by atoms with Crippen molar-refractivity contribution >= 4 is 0 Å². The second kappa shape index (κ2) is 8.12. The maximum Gasteiger partial charge on any atom is 0.186 e. The van der Waals surface area contributed by atoms with E-state index in [4.69, 9.17) is 24.5 Å². The van der Waals surface area contributed by atoms with Crippen LogP contribution in [0, 0.1) is 0 Å². The summed E-state index contributed by atoms with van der Waals surface area (Å²) in [6.07, 6.45) is -1.81. The summed E-state index contributed by atoms with van der Waals surface area (Å²) >= 11 is 0. The first kappa shape index (κ1) is 16.7. The van der Waals surface area contributed by atoms with Crippen LogP contribution in [-0.4, -0.2) is 44.9 Å². The molecule has 1 aromatic carbocycles. The molecule has 0 amide bonds. The molecule has 0 radical (unpaired) electrons. The highest BCUT2D eigenvalue weighted by Gasteiger charge is 2.45. The first-order valence-corrected chi connectivity index (χ1v) is 7.12. The summed E-state index contributed by atoms with van der Waals surface area (Å²) in [7, 11) is 3.10. The summed E-state index contributed by atoms with van der Waals surface area (Å²) in [5.74, 6) is 0. The minimum atomic E-state index is -0.564. The fourth-order valence-corrected chi connectivity index (χ4v) is 2.60. The maximum absolute atomic E-state index is 8.80. The van der Waals surface area contributed by atoms with Gasteiger partial charge in [-0.25, -0.2) is 0 Å². The molecule has 0 aliphatic carbocycles. The standard InChI is InChI=1S/C15H21N3O4/c1-10-12(17-18-16)13(14(19-2)15(20-3)22-10)21-9-11-7-5-4-6-8-11/h4-8,10,12-15H,9H2,1-3H3/t10-,12-,13-,14-,15+/m1/s1. The van der Waals surface area contributed by atoms with Crippen molar-refractivity contribution in [2.75, 3.05) is 14.2 Å². The molecule has 22 heavy (non-hydrogen) atoms. The number of benzene rings is 1. The van der Waals surface area contributed by atoms with E-state index >= 15 is 0 Å². The number of hydrogen-bond acceptors (Lipinski definition) is 5. The Morgan fingerprint density at radius 2 is 1.91 bits per heavy atom. The van der Waals surface area contributed by atoms with Gasteiger partial charge in [0, 0.05) is 19.1 Å². The van der Waals surface area contributed by atoms with E-state index in [1.165, 1.54) is 0 Å². The third kappa shape index (κ3) is 3.76. The van der Waals surface area contributed by atoms with Gasteiger partial charge in [0.1, 0.15) is 12.2 Å². The summed E-state index contributed by atoms with van der Waals surface area (Å²) < 4.78 is 22.5. The van der Waals surface area contributed by atoms with E-state index in [1.54, 1.807) is 14.2 Å². The van der Waals surface area contributed by atoms with Gasteiger partial charge in [-0.15, -0.1) is 0 Å². The Labute approximate surface area is 129 Å². The molecule has 120 valence electrons. The molecule has 0 saturated carbocycles. The normalized spacial score (nSPS) is 31.5. The maximum atomic E-state index is 8.80. The van der Waals surface area contributed by atoms with Gasteiger partial charge in [0.05, 0.1) is 18.8 Å². The zero-order valence-electron chi connectivity index (χ0n) is 13.0. The Hall–Kier alpha value is -1.63. The van der Waals surface area contributed by atoms with Gasteiger partial charge in [0.2, 0.25) is 0 Å². The lowest BCUT2D eigenvalue weighted by Crippen LogP contribution is -2.58. The first-order valence-electron chi connectivity index (χ1n) is 7.12. The number of rotatable bonds is 6. The molecular weight excluding hydrogens is 286 g/mol. The molecule has 7 nitrogen and oxygen atoms in total. The van der Waals surface area contributed by atoms with Crippen molar-refractivity contribution < 1.29 is 18.9 Å². The summed E-state index contributed by atoms with van der Waals surface area (Å²) in [5, 5.41) is 3.82. The van der Waals surface area contributed by atoms with E-state index in [0.717, 1.165) is 5.56 Å². The zero-order chi connectivity index (χ0) is 15.9. The van der Waals surface area contributed by atoms with Gasteiger partial charge in [-0.1, -0.05) is 35.4 Å². The van der Waals surface area contributed by atoms with Crippen molar-refractivity contribution in [1.82, 2.24) is 0 Å². The SMILES string of the molecule is CO[C@H]1O[C@H](C)[C@@H](N=[N+]=[N-])[C@@H](OCc2ccccc2)[C@H]1OC. The van der Waals surface area contributed by atoms with Crippen LogP contribution in [0.5, 0.6) is 0 Å². The molecule has 0 unspecified atom stereocenters. The molecule has 1 aromatic rings. The quantitative estimate of drug-likeness (QED) is 0.459. The number of ether oxygens (including phenoxy) is 4. The van der Waals surface area contributed by atoms with E-state index in [0.29, 0.717) is 6.61 Å². The second-order valence-corrected chi connectivity index (χ2v) is 5.10. The Morgan fingerprint density at radius 1 is 1.18 bits per heavy atom. The van der Waals surface area contributed by atoms with Crippen molar-refractivity contribution in [3.63, 3.8) is 0 Å². The molecule has 1 aliphatic rings. The van der Waals surface area contributed by atoms with Crippen molar-refractivity contribution in [2.45, 2.75) is 44.2 Å². The average Bonchev–Trinajstić information content (AvgIpc) is 2.55. The van der Waals surface area contributed by atoms with Crippen LogP contribution in [0.15, 0.2) is 35.4 Å². The highest BCUT2D eigenvalue weighted by molar-refractivity contribution is 5.13. The molecule has 0 N–H and O–H groups in total. The number of azide groups is 1. The van der Waals surface area contributed by atoms with Gasteiger partial charge in [0.25, 0.3) is 0 Å². The topological polar surface area (TPSA) is 85.7 Å². The van der Waals surface area contributed by atoms with Crippen molar-refractivity contribution in [3.8, 4) is 0 Å². The molecule has 1 heterocycles. The molecule has 1 aliphatic heterocycles. The van der Waals surface area contributed by atoms with Crippen LogP contribution in [-0.2, 0) is 25.6 Å². The molecule has 0 spiro atoms. The van der Waals surface area contributed by atoms with Gasteiger partial charge in [-0.05, 0) is 18.0 Å². The van der Waals surface area contributed by atoms with E-state index < -0.39 is 24.5 Å².